The highest BCUT2D eigenvalue weighted by Crippen LogP contribution is 2.32. The van der Waals surface area contributed by atoms with Crippen LogP contribution in [0.2, 0.25) is 0 Å². The van der Waals surface area contributed by atoms with Crippen molar-refractivity contribution < 1.29 is 9.59 Å². The van der Waals surface area contributed by atoms with Crippen molar-refractivity contribution in [1.29, 1.82) is 0 Å². The van der Waals surface area contributed by atoms with Gasteiger partial charge in [-0.3, -0.25) is 9.69 Å². The van der Waals surface area contributed by atoms with Crippen LogP contribution < -0.4 is 0 Å². The standard InChI is InChI=1S/C24H29N5O2S/c1-17-5-6-19(20(15-17)22-25-10-14-32-22)16-27(4)24(3)8-12-28(13-9-24)23(31)29-11-7-21(26-29)18(2)30/h5-7,10-11,14-15H,8-9,12-13,16H2,1-4H3. The summed E-state index contributed by atoms with van der Waals surface area (Å²) in [6.07, 6.45) is 5.16. The van der Waals surface area contributed by atoms with E-state index >= 15 is 0 Å². The summed E-state index contributed by atoms with van der Waals surface area (Å²) in [7, 11) is 2.16. The molecule has 1 aromatic carbocycles. The number of piperidine rings is 1. The molecule has 0 radical (unpaired) electrons. The molecule has 1 aliphatic heterocycles. The molecule has 0 unspecified atom stereocenters. The molecule has 3 heterocycles. The molecule has 0 saturated carbocycles. The third kappa shape index (κ3) is 4.52. The van der Waals surface area contributed by atoms with E-state index in [1.165, 1.54) is 28.3 Å². The van der Waals surface area contributed by atoms with Gasteiger partial charge in [-0.05, 0) is 51.4 Å². The lowest BCUT2D eigenvalue weighted by atomic mass is 9.87. The number of carbonyl (C=O) groups excluding carboxylic acids is 2. The zero-order valence-corrected chi connectivity index (χ0v) is 19.9. The fraction of sp³-hybridized carbons (Fsp3) is 0.417. The molecule has 8 heteroatoms. The molecule has 1 amide bonds. The zero-order valence-electron chi connectivity index (χ0n) is 19.0. The Hall–Kier alpha value is -2.84. The fourth-order valence-electron chi connectivity index (χ4n) is 4.15. The number of nitrogens with zero attached hydrogens (tertiary/aromatic N) is 5. The van der Waals surface area contributed by atoms with Crippen molar-refractivity contribution in [2.45, 2.75) is 45.7 Å². The molecule has 4 rings (SSSR count). The number of rotatable bonds is 5. The van der Waals surface area contributed by atoms with Gasteiger partial charge in [0.1, 0.15) is 10.7 Å². The minimum Gasteiger partial charge on any atom is -0.323 e. The van der Waals surface area contributed by atoms with Crippen molar-refractivity contribution in [3.63, 3.8) is 0 Å². The first-order valence-electron chi connectivity index (χ1n) is 10.8. The Morgan fingerprint density at radius 1 is 1.22 bits per heavy atom. The maximum absolute atomic E-state index is 12.8. The first-order chi connectivity index (χ1) is 15.3. The molecule has 2 aromatic heterocycles. The number of likely N-dealkylation sites (tertiary alicyclic amines) is 1. The quantitative estimate of drug-likeness (QED) is 0.535. The molecule has 0 spiro atoms. The van der Waals surface area contributed by atoms with Crippen molar-refractivity contribution in [2.75, 3.05) is 20.1 Å². The largest absolute Gasteiger partial charge is 0.344 e. The monoisotopic (exact) mass is 451 g/mol. The lowest BCUT2D eigenvalue weighted by Crippen LogP contribution is -2.53. The van der Waals surface area contributed by atoms with E-state index in [1.54, 1.807) is 23.6 Å². The van der Waals surface area contributed by atoms with Gasteiger partial charge in [0.2, 0.25) is 0 Å². The third-order valence-corrected chi connectivity index (χ3v) is 7.32. The highest BCUT2D eigenvalue weighted by atomic mass is 32.1. The van der Waals surface area contributed by atoms with E-state index in [0.717, 1.165) is 24.4 Å². The zero-order chi connectivity index (χ0) is 22.9. The Bertz CT molecular complexity index is 1110. The number of Topliss-reactive ketones (excluding diaryl/α,β-unsaturated/α-hetero) is 1. The van der Waals surface area contributed by atoms with Crippen LogP contribution in [-0.2, 0) is 6.54 Å². The summed E-state index contributed by atoms with van der Waals surface area (Å²) >= 11 is 1.66. The van der Waals surface area contributed by atoms with Gasteiger partial charge in [-0.15, -0.1) is 11.3 Å². The van der Waals surface area contributed by atoms with Gasteiger partial charge in [0, 0.05) is 55.4 Å². The maximum atomic E-state index is 12.8. The summed E-state index contributed by atoms with van der Waals surface area (Å²) < 4.78 is 1.27. The van der Waals surface area contributed by atoms with E-state index in [0.29, 0.717) is 18.8 Å². The predicted octanol–water partition coefficient (Wildman–Crippen LogP) is 4.47. The van der Waals surface area contributed by atoms with Gasteiger partial charge < -0.3 is 4.90 Å². The van der Waals surface area contributed by atoms with E-state index in [2.05, 4.69) is 54.1 Å². The van der Waals surface area contributed by atoms with Crippen LogP contribution in [0.25, 0.3) is 10.6 Å². The molecule has 168 valence electrons. The number of benzene rings is 1. The molecular weight excluding hydrogens is 422 g/mol. The summed E-state index contributed by atoms with van der Waals surface area (Å²) in [5, 5.41) is 7.17. The van der Waals surface area contributed by atoms with Crippen molar-refractivity contribution in [1.82, 2.24) is 24.6 Å². The lowest BCUT2D eigenvalue weighted by Gasteiger charge is -2.45. The number of thiazole rings is 1. The second-order valence-corrected chi connectivity index (χ2v) is 9.72. The first kappa shape index (κ1) is 22.4. The summed E-state index contributed by atoms with van der Waals surface area (Å²) in [6, 6.07) is 7.99. The number of hydrogen-bond donors (Lipinski definition) is 0. The number of ketones is 1. The Balaban J connectivity index is 1.43. The smallest absolute Gasteiger partial charge is 0.323 e. The van der Waals surface area contributed by atoms with Crippen LogP contribution in [0.1, 0.15) is 48.3 Å². The molecule has 7 nitrogen and oxygen atoms in total. The van der Waals surface area contributed by atoms with E-state index in [-0.39, 0.29) is 17.4 Å². The van der Waals surface area contributed by atoms with Gasteiger partial charge in [0.05, 0.1) is 0 Å². The highest BCUT2D eigenvalue weighted by Gasteiger charge is 2.36. The van der Waals surface area contributed by atoms with E-state index in [4.69, 9.17) is 0 Å². The molecule has 1 aliphatic rings. The average Bonchev–Trinajstić information content (AvgIpc) is 3.47. The van der Waals surface area contributed by atoms with E-state index in [1.807, 2.05) is 16.5 Å². The Morgan fingerprint density at radius 3 is 2.59 bits per heavy atom. The molecule has 1 fully saturated rings. The SMILES string of the molecule is CC(=O)c1ccn(C(=O)N2CCC(C)(N(C)Cc3ccc(C)cc3-c3nccs3)CC2)n1. The second-order valence-electron chi connectivity index (χ2n) is 8.82. The molecule has 0 bridgehead atoms. The maximum Gasteiger partial charge on any atom is 0.344 e. The van der Waals surface area contributed by atoms with Gasteiger partial charge in [-0.25, -0.2) is 9.78 Å². The van der Waals surface area contributed by atoms with Crippen molar-refractivity contribution in [3.05, 3.63) is 58.9 Å². The molecule has 1 saturated heterocycles. The van der Waals surface area contributed by atoms with Gasteiger partial charge in [0.15, 0.2) is 5.78 Å². The van der Waals surface area contributed by atoms with Crippen molar-refractivity contribution in [3.8, 4) is 10.6 Å². The Kier molecular flexibility index (Phi) is 6.26. The molecule has 0 aliphatic carbocycles. The number of hydrogen-bond acceptors (Lipinski definition) is 6. The van der Waals surface area contributed by atoms with Crippen LogP contribution in [0.3, 0.4) is 0 Å². The molecule has 32 heavy (non-hydrogen) atoms. The normalized spacial score (nSPS) is 15.8. The minimum absolute atomic E-state index is 0.0174. The van der Waals surface area contributed by atoms with Crippen molar-refractivity contribution in [2.24, 2.45) is 0 Å². The molecule has 0 atom stereocenters. The van der Waals surface area contributed by atoms with Crippen molar-refractivity contribution >= 4 is 23.2 Å². The molecule has 0 N–H and O–H groups in total. The summed E-state index contributed by atoms with van der Waals surface area (Å²) in [4.78, 5) is 33.0. The third-order valence-electron chi connectivity index (χ3n) is 6.51. The van der Waals surface area contributed by atoms with Crippen LogP contribution in [-0.4, -0.2) is 62.1 Å². The lowest BCUT2D eigenvalue weighted by molar-refractivity contribution is 0.0586. The van der Waals surface area contributed by atoms with Gasteiger partial charge in [-0.1, -0.05) is 17.7 Å². The van der Waals surface area contributed by atoms with E-state index in [9.17, 15) is 9.59 Å². The minimum atomic E-state index is -0.174. The van der Waals surface area contributed by atoms with Crippen LogP contribution >= 0.6 is 11.3 Å². The Morgan fingerprint density at radius 2 is 1.97 bits per heavy atom. The van der Waals surface area contributed by atoms with Crippen LogP contribution in [0, 0.1) is 6.92 Å². The molecular formula is C24H29N5O2S. The van der Waals surface area contributed by atoms with Crippen LogP contribution in [0.15, 0.2) is 42.0 Å². The van der Waals surface area contributed by atoms with Gasteiger partial charge in [0.25, 0.3) is 0 Å². The van der Waals surface area contributed by atoms with E-state index < -0.39 is 0 Å². The highest BCUT2D eigenvalue weighted by molar-refractivity contribution is 7.13. The van der Waals surface area contributed by atoms with Gasteiger partial charge >= 0.3 is 6.03 Å². The Labute approximate surface area is 192 Å². The predicted molar refractivity (Wildman–Crippen MR) is 126 cm³/mol. The van der Waals surface area contributed by atoms with Crippen LogP contribution in [0.4, 0.5) is 4.79 Å². The van der Waals surface area contributed by atoms with Crippen LogP contribution in [0.5, 0.6) is 0 Å². The number of aromatic nitrogens is 3. The summed E-state index contributed by atoms with van der Waals surface area (Å²) in [5.74, 6) is -0.141. The second kappa shape index (κ2) is 8.96. The summed E-state index contributed by atoms with van der Waals surface area (Å²) in [6.45, 7) is 7.96. The first-order valence-corrected chi connectivity index (χ1v) is 11.7. The van der Waals surface area contributed by atoms with Gasteiger partial charge in [-0.2, -0.15) is 9.78 Å². The average molecular weight is 452 g/mol. The number of amides is 1. The topological polar surface area (TPSA) is 71.3 Å². The summed E-state index contributed by atoms with van der Waals surface area (Å²) in [5.41, 5.74) is 3.99. The number of aryl methyl sites for hydroxylation is 1. The number of carbonyl (C=O) groups is 2. The fourth-order valence-corrected chi connectivity index (χ4v) is 4.84. The molecule has 3 aromatic rings.